The Morgan fingerprint density at radius 3 is 2.68 bits per heavy atom. The lowest BCUT2D eigenvalue weighted by atomic mass is 10.1. The van der Waals surface area contributed by atoms with E-state index in [2.05, 4.69) is 33.5 Å². The number of aromatic nitrogens is 2. The van der Waals surface area contributed by atoms with Gasteiger partial charge in [0.15, 0.2) is 0 Å². The second kappa shape index (κ2) is 11.4. The fourth-order valence-corrected chi connectivity index (χ4v) is 3.31. The van der Waals surface area contributed by atoms with E-state index in [4.69, 9.17) is 4.98 Å². The van der Waals surface area contributed by atoms with Crippen molar-refractivity contribution in [1.29, 1.82) is 0 Å². The summed E-state index contributed by atoms with van der Waals surface area (Å²) in [5.41, 5.74) is 2.31. The second-order valence-electron chi connectivity index (χ2n) is 6.95. The molecular formula is C20H30Cl2FN5. The number of halogens is 3. The molecule has 0 bridgehead atoms. The van der Waals surface area contributed by atoms with Crippen LogP contribution in [0.3, 0.4) is 0 Å². The van der Waals surface area contributed by atoms with E-state index in [1.54, 1.807) is 13.0 Å². The van der Waals surface area contributed by atoms with Crippen LogP contribution in [-0.2, 0) is 6.42 Å². The summed E-state index contributed by atoms with van der Waals surface area (Å²) in [4.78, 5) is 11.6. The Morgan fingerprint density at radius 1 is 1.21 bits per heavy atom. The molecule has 1 unspecified atom stereocenters. The minimum Gasteiger partial charge on any atom is -0.355 e. The number of benzene rings is 1. The third kappa shape index (κ3) is 6.19. The Labute approximate surface area is 179 Å². The van der Waals surface area contributed by atoms with Gasteiger partial charge in [-0.25, -0.2) is 9.37 Å². The van der Waals surface area contributed by atoms with Crippen LogP contribution < -0.4 is 15.5 Å². The van der Waals surface area contributed by atoms with Crippen LogP contribution in [0.15, 0.2) is 24.3 Å². The molecular weight excluding hydrogens is 400 g/mol. The highest BCUT2D eigenvalue weighted by Gasteiger charge is 2.20. The van der Waals surface area contributed by atoms with E-state index in [0.29, 0.717) is 23.2 Å². The zero-order chi connectivity index (χ0) is 18.5. The third-order valence-electron chi connectivity index (χ3n) is 4.85. The molecule has 0 saturated carbocycles. The van der Waals surface area contributed by atoms with Crippen LogP contribution in [0.2, 0.25) is 0 Å². The first-order valence-corrected chi connectivity index (χ1v) is 9.42. The Morgan fingerprint density at radius 2 is 2.00 bits per heavy atom. The molecule has 0 spiro atoms. The van der Waals surface area contributed by atoms with Crippen molar-refractivity contribution in [2.45, 2.75) is 45.6 Å². The van der Waals surface area contributed by atoms with E-state index in [0.717, 1.165) is 43.9 Å². The summed E-state index contributed by atoms with van der Waals surface area (Å²) in [6, 6.07) is 7.67. The summed E-state index contributed by atoms with van der Waals surface area (Å²) < 4.78 is 13.8. The number of rotatable bonds is 6. The Kier molecular flexibility index (Phi) is 9.93. The highest BCUT2D eigenvalue weighted by atomic mass is 35.5. The second-order valence-corrected chi connectivity index (χ2v) is 6.95. The first-order valence-electron chi connectivity index (χ1n) is 9.42. The number of likely N-dealkylation sites (N-methyl/N-ethyl adjacent to an activating group) is 1. The molecule has 8 heteroatoms. The summed E-state index contributed by atoms with van der Waals surface area (Å²) in [6.07, 6.45) is 4.25. The number of aryl methyl sites for hydroxylation is 2. The molecule has 2 aromatic rings. The molecule has 2 N–H and O–H groups in total. The van der Waals surface area contributed by atoms with E-state index in [1.807, 2.05) is 13.1 Å². The number of anilines is 3. The topological polar surface area (TPSA) is 53.1 Å². The Balaban J connectivity index is 0.00000196. The predicted molar refractivity (Wildman–Crippen MR) is 119 cm³/mol. The van der Waals surface area contributed by atoms with Gasteiger partial charge in [0.1, 0.15) is 11.6 Å². The summed E-state index contributed by atoms with van der Waals surface area (Å²) >= 11 is 0. The van der Waals surface area contributed by atoms with E-state index in [1.165, 1.54) is 12.5 Å². The van der Waals surface area contributed by atoms with Gasteiger partial charge in [0.2, 0.25) is 5.95 Å². The molecule has 2 heterocycles. The van der Waals surface area contributed by atoms with Crippen molar-refractivity contribution in [2.24, 2.45) is 0 Å². The summed E-state index contributed by atoms with van der Waals surface area (Å²) in [5, 5.41) is 6.54. The van der Waals surface area contributed by atoms with Crippen LogP contribution in [0.5, 0.6) is 0 Å². The molecule has 1 aliphatic heterocycles. The predicted octanol–water partition coefficient (Wildman–Crippen LogP) is 4.65. The van der Waals surface area contributed by atoms with Crippen LogP contribution in [-0.4, -0.2) is 36.1 Å². The standard InChI is InChI=1S/C20H28FN5.2ClH/c1-4-6-15-12-19(26-10-5-7-17(13-26)22-3)25-20(23-15)24-16-9-8-14(2)18(21)11-16;;/h8-9,11-12,17,22H,4-7,10,13H2,1-3H3,(H,23,24,25);2*1H. The molecule has 1 aromatic heterocycles. The van der Waals surface area contributed by atoms with Crippen molar-refractivity contribution in [2.75, 3.05) is 30.4 Å². The normalized spacial score (nSPS) is 16.1. The highest BCUT2D eigenvalue weighted by molar-refractivity contribution is 5.85. The van der Waals surface area contributed by atoms with Crippen molar-refractivity contribution >= 4 is 42.3 Å². The molecule has 3 rings (SSSR count). The molecule has 28 heavy (non-hydrogen) atoms. The molecule has 156 valence electrons. The lowest BCUT2D eigenvalue weighted by molar-refractivity contribution is 0.447. The number of hydrogen-bond acceptors (Lipinski definition) is 5. The van der Waals surface area contributed by atoms with Crippen molar-refractivity contribution in [3.8, 4) is 0 Å². The van der Waals surface area contributed by atoms with E-state index >= 15 is 0 Å². The largest absolute Gasteiger partial charge is 0.355 e. The molecule has 0 radical (unpaired) electrons. The van der Waals surface area contributed by atoms with E-state index in [-0.39, 0.29) is 30.6 Å². The van der Waals surface area contributed by atoms with Gasteiger partial charge in [-0.1, -0.05) is 19.4 Å². The molecule has 5 nitrogen and oxygen atoms in total. The summed E-state index contributed by atoms with van der Waals surface area (Å²) in [5.74, 6) is 1.24. The smallest absolute Gasteiger partial charge is 0.229 e. The fourth-order valence-electron chi connectivity index (χ4n) is 3.31. The number of nitrogens with one attached hydrogen (secondary N) is 2. The Hall–Kier alpha value is -1.63. The van der Waals surface area contributed by atoms with Gasteiger partial charge in [-0.05, 0) is 50.9 Å². The molecule has 0 amide bonds. The van der Waals surface area contributed by atoms with Gasteiger partial charge < -0.3 is 15.5 Å². The maximum Gasteiger partial charge on any atom is 0.229 e. The van der Waals surface area contributed by atoms with Crippen molar-refractivity contribution in [3.05, 3.63) is 41.3 Å². The van der Waals surface area contributed by atoms with Gasteiger partial charge in [0, 0.05) is 36.6 Å². The first-order chi connectivity index (χ1) is 12.6. The average Bonchev–Trinajstić information content (AvgIpc) is 2.65. The summed E-state index contributed by atoms with van der Waals surface area (Å²) in [7, 11) is 2.01. The van der Waals surface area contributed by atoms with Crippen LogP contribution in [0.1, 0.15) is 37.4 Å². The monoisotopic (exact) mass is 429 g/mol. The average molecular weight is 430 g/mol. The third-order valence-corrected chi connectivity index (χ3v) is 4.85. The van der Waals surface area contributed by atoms with Crippen LogP contribution in [0.25, 0.3) is 0 Å². The number of piperidine rings is 1. The van der Waals surface area contributed by atoms with Gasteiger partial charge in [-0.3, -0.25) is 0 Å². The van der Waals surface area contributed by atoms with Gasteiger partial charge >= 0.3 is 0 Å². The summed E-state index contributed by atoms with van der Waals surface area (Å²) in [6.45, 7) is 5.84. The zero-order valence-corrected chi connectivity index (χ0v) is 18.3. The lowest BCUT2D eigenvalue weighted by Crippen LogP contribution is -2.44. The molecule has 1 aromatic carbocycles. The first kappa shape index (κ1) is 24.4. The van der Waals surface area contributed by atoms with Gasteiger partial charge in [-0.15, -0.1) is 24.8 Å². The maximum absolute atomic E-state index is 13.8. The number of nitrogens with zero attached hydrogens (tertiary/aromatic N) is 3. The van der Waals surface area contributed by atoms with Crippen LogP contribution in [0.4, 0.5) is 21.8 Å². The zero-order valence-electron chi connectivity index (χ0n) is 16.7. The van der Waals surface area contributed by atoms with E-state index < -0.39 is 0 Å². The fraction of sp³-hybridized carbons (Fsp3) is 0.500. The van der Waals surface area contributed by atoms with Gasteiger partial charge in [0.05, 0.1) is 0 Å². The van der Waals surface area contributed by atoms with Crippen molar-refractivity contribution < 1.29 is 4.39 Å². The molecule has 0 aliphatic carbocycles. The minimum absolute atomic E-state index is 0. The molecule has 1 aliphatic rings. The van der Waals surface area contributed by atoms with Gasteiger partial charge in [-0.2, -0.15) is 4.98 Å². The van der Waals surface area contributed by atoms with Crippen molar-refractivity contribution in [3.63, 3.8) is 0 Å². The minimum atomic E-state index is -0.229. The van der Waals surface area contributed by atoms with Gasteiger partial charge in [0.25, 0.3) is 0 Å². The lowest BCUT2D eigenvalue weighted by Gasteiger charge is -2.33. The maximum atomic E-state index is 13.8. The molecule has 1 fully saturated rings. The SMILES string of the molecule is CCCc1cc(N2CCCC(NC)C2)nc(Nc2ccc(C)c(F)c2)n1.Cl.Cl. The number of hydrogen-bond donors (Lipinski definition) is 2. The highest BCUT2D eigenvalue weighted by Crippen LogP contribution is 2.23. The molecule has 1 saturated heterocycles. The molecule has 1 atom stereocenters. The van der Waals surface area contributed by atoms with Crippen LogP contribution in [0, 0.1) is 12.7 Å². The Bertz CT molecular complexity index is 759. The van der Waals surface area contributed by atoms with Crippen molar-refractivity contribution in [1.82, 2.24) is 15.3 Å². The quantitative estimate of drug-likeness (QED) is 0.699. The van der Waals surface area contributed by atoms with E-state index in [9.17, 15) is 4.39 Å². The van der Waals surface area contributed by atoms with Crippen LogP contribution >= 0.6 is 24.8 Å².